The molecule has 0 amide bonds. The first kappa shape index (κ1) is 19.7. The molecule has 3 rings (SSSR count). The average molecular weight is 426 g/mol. The van der Waals surface area contributed by atoms with Gasteiger partial charge in [0.05, 0.1) is 16.7 Å². The maximum atomic E-state index is 12.5. The minimum absolute atomic E-state index is 0.277. The molecule has 0 atom stereocenters. The molecule has 10 heteroatoms. The van der Waals surface area contributed by atoms with Gasteiger partial charge in [0.15, 0.2) is 5.82 Å². The van der Waals surface area contributed by atoms with Gasteiger partial charge in [0.25, 0.3) is 15.7 Å². The first-order valence-corrected chi connectivity index (χ1v) is 11.0. The van der Waals surface area contributed by atoms with Gasteiger partial charge < -0.3 is 5.84 Å². The topological polar surface area (TPSA) is 115 Å². The van der Waals surface area contributed by atoms with Gasteiger partial charge in [0.2, 0.25) is 0 Å². The summed E-state index contributed by atoms with van der Waals surface area (Å²) in [5.41, 5.74) is 1.68. The second kappa shape index (κ2) is 7.89. The summed E-state index contributed by atoms with van der Waals surface area (Å²) < 4.78 is 31.3. The Morgan fingerprint density at radius 1 is 1.22 bits per heavy atom. The minimum Gasteiger partial charge on any atom is -0.334 e. The van der Waals surface area contributed by atoms with Crippen molar-refractivity contribution in [2.45, 2.75) is 5.75 Å². The van der Waals surface area contributed by atoms with Crippen LogP contribution in [0.15, 0.2) is 47.3 Å². The third-order valence-electron chi connectivity index (χ3n) is 3.80. The summed E-state index contributed by atoms with van der Waals surface area (Å²) in [7, 11) is -3.96. The van der Waals surface area contributed by atoms with Crippen LogP contribution in [0.25, 0.3) is 22.3 Å². The number of fused-ring (bicyclic) bond motifs is 1. The number of halogens is 1. The van der Waals surface area contributed by atoms with Crippen LogP contribution in [0.1, 0.15) is 5.56 Å². The van der Waals surface area contributed by atoms with Gasteiger partial charge in [-0.3, -0.25) is 9.35 Å². The van der Waals surface area contributed by atoms with Crippen LogP contribution in [0, 0.1) is 0 Å². The normalized spacial score (nSPS) is 11.8. The summed E-state index contributed by atoms with van der Waals surface area (Å²) in [6, 6.07) is 12.2. The zero-order valence-electron chi connectivity index (χ0n) is 14.0. The molecular weight excluding hydrogens is 410 g/mol. The van der Waals surface area contributed by atoms with Crippen molar-refractivity contribution in [2.24, 2.45) is 0 Å². The number of nitrogens with two attached hydrogens (primary N) is 1. The lowest BCUT2D eigenvalue weighted by Gasteiger charge is -2.10. The van der Waals surface area contributed by atoms with E-state index in [1.165, 1.54) is 17.8 Å². The number of nitrogens with zero attached hydrogens (tertiary/aromatic N) is 2. The number of rotatable bonds is 6. The molecule has 0 radical (unpaired) electrons. The third-order valence-corrected chi connectivity index (χ3v) is 6.05. The fourth-order valence-corrected chi connectivity index (χ4v) is 4.57. The molecule has 142 valence electrons. The van der Waals surface area contributed by atoms with Crippen LogP contribution in [0.3, 0.4) is 0 Å². The highest BCUT2D eigenvalue weighted by molar-refractivity contribution is 7.99. The number of benzene rings is 2. The van der Waals surface area contributed by atoms with Crippen molar-refractivity contribution in [1.29, 1.82) is 0 Å². The van der Waals surface area contributed by atoms with Gasteiger partial charge in [0, 0.05) is 22.1 Å². The molecule has 27 heavy (non-hydrogen) atoms. The SMILES string of the molecule is Nn1c(-c2cccc(CSCCS(=O)(=O)O)c2)nc2ccc(Cl)cc2c1=O. The van der Waals surface area contributed by atoms with Gasteiger partial charge in [-0.2, -0.15) is 20.2 Å². The van der Waals surface area contributed by atoms with Gasteiger partial charge in [-0.1, -0.05) is 29.8 Å². The molecule has 0 spiro atoms. The number of aromatic nitrogens is 2. The molecule has 1 heterocycles. The Hall–Kier alpha value is -2.07. The van der Waals surface area contributed by atoms with Gasteiger partial charge in [-0.25, -0.2) is 9.66 Å². The smallest absolute Gasteiger partial charge is 0.280 e. The molecule has 3 aromatic rings. The summed E-state index contributed by atoms with van der Waals surface area (Å²) in [6.45, 7) is 0. The minimum atomic E-state index is -3.96. The summed E-state index contributed by atoms with van der Waals surface area (Å²) in [4.78, 5) is 17.0. The Kier molecular flexibility index (Phi) is 5.75. The highest BCUT2D eigenvalue weighted by Crippen LogP contribution is 2.22. The lowest BCUT2D eigenvalue weighted by atomic mass is 10.1. The molecule has 7 nitrogen and oxygen atoms in total. The standard InChI is InChI=1S/C17H16ClN3O4S2/c18-13-4-5-15-14(9-13)17(22)21(19)16(20-15)12-3-1-2-11(8-12)10-26-6-7-27(23,24)25/h1-5,8-9H,6-7,10,19H2,(H,23,24,25). The number of thioether (sulfide) groups is 1. The molecule has 2 aromatic carbocycles. The molecule has 0 aliphatic carbocycles. The lowest BCUT2D eigenvalue weighted by Crippen LogP contribution is -2.29. The quantitative estimate of drug-likeness (QED) is 0.354. The first-order chi connectivity index (χ1) is 12.7. The van der Waals surface area contributed by atoms with Crippen LogP contribution < -0.4 is 11.4 Å². The van der Waals surface area contributed by atoms with Crippen molar-refractivity contribution < 1.29 is 13.0 Å². The van der Waals surface area contributed by atoms with E-state index in [0.29, 0.717) is 33.1 Å². The predicted octanol–water partition coefficient (Wildman–Crippen LogP) is 2.55. The Labute approximate surface area is 164 Å². The van der Waals surface area contributed by atoms with Crippen LogP contribution >= 0.6 is 23.4 Å². The number of hydrogen-bond donors (Lipinski definition) is 2. The Bertz CT molecular complexity index is 1160. The van der Waals surface area contributed by atoms with E-state index in [0.717, 1.165) is 10.2 Å². The van der Waals surface area contributed by atoms with Gasteiger partial charge in [-0.05, 0) is 29.8 Å². The van der Waals surface area contributed by atoms with E-state index in [-0.39, 0.29) is 11.5 Å². The molecule has 0 unspecified atom stereocenters. The Morgan fingerprint density at radius 3 is 2.74 bits per heavy atom. The molecule has 0 bridgehead atoms. The average Bonchev–Trinajstić information content (AvgIpc) is 2.62. The molecule has 0 saturated carbocycles. The van der Waals surface area contributed by atoms with Crippen LogP contribution in [-0.4, -0.2) is 34.1 Å². The second-order valence-electron chi connectivity index (χ2n) is 5.81. The van der Waals surface area contributed by atoms with E-state index in [1.807, 2.05) is 18.2 Å². The second-order valence-corrected chi connectivity index (χ2v) is 8.92. The molecule has 0 saturated heterocycles. The van der Waals surface area contributed by atoms with Crippen molar-refractivity contribution >= 4 is 44.4 Å². The summed E-state index contributed by atoms with van der Waals surface area (Å²) in [6.07, 6.45) is 0. The fourth-order valence-electron chi connectivity index (χ4n) is 2.53. The van der Waals surface area contributed by atoms with E-state index >= 15 is 0 Å². The Balaban J connectivity index is 1.90. The van der Waals surface area contributed by atoms with Crippen molar-refractivity contribution in [3.05, 3.63) is 63.4 Å². The van der Waals surface area contributed by atoms with Crippen LogP contribution in [0.5, 0.6) is 0 Å². The van der Waals surface area contributed by atoms with Crippen molar-refractivity contribution in [3.63, 3.8) is 0 Å². The molecule has 1 aromatic heterocycles. The van der Waals surface area contributed by atoms with Crippen LogP contribution in [0.2, 0.25) is 5.02 Å². The summed E-state index contributed by atoms with van der Waals surface area (Å²) in [5.74, 6) is 6.79. The first-order valence-electron chi connectivity index (χ1n) is 7.84. The maximum Gasteiger partial charge on any atom is 0.280 e. The Morgan fingerprint density at radius 2 is 2.00 bits per heavy atom. The zero-order chi connectivity index (χ0) is 19.6. The number of hydrogen-bond acceptors (Lipinski definition) is 6. The van der Waals surface area contributed by atoms with E-state index in [1.54, 1.807) is 18.2 Å². The van der Waals surface area contributed by atoms with Crippen LogP contribution in [-0.2, 0) is 15.9 Å². The van der Waals surface area contributed by atoms with Gasteiger partial charge in [-0.15, -0.1) is 0 Å². The van der Waals surface area contributed by atoms with Gasteiger partial charge >= 0.3 is 0 Å². The molecule has 0 aliphatic rings. The lowest BCUT2D eigenvalue weighted by molar-refractivity contribution is 0.485. The highest BCUT2D eigenvalue weighted by atomic mass is 35.5. The van der Waals surface area contributed by atoms with Gasteiger partial charge in [0.1, 0.15) is 0 Å². The zero-order valence-corrected chi connectivity index (χ0v) is 16.4. The van der Waals surface area contributed by atoms with Crippen molar-refractivity contribution in [1.82, 2.24) is 9.66 Å². The molecule has 0 fully saturated rings. The predicted molar refractivity (Wildman–Crippen MR) is 109 cm³/mol. The van der Waals surface area contributed by atoms with Crippen molar-refractivity contribution in [2.75, 3.05) is 17.3 Å². The number of nitrogen functional groups attached to an aromatic ring is 1. The summed E-state index contributed by atoms with van der Waals surface area (Å²) >= 11 is 7.31. The molecular formula is C17H16ClN3O4S2. The molecule has 0 aliphatic heterocycles. The monoisotopic (exact) mass is 425 g/mol. The van der Waals surface area contributed by atoms with E-state index < -0.39 is 15.7 Å². The van der Waals surface area contributed by atoms with E-state index in [2.05, 4.69) is 4.98 Å². The maximum absolute atomic E-state index is 12.5. The van der Waals surface area contributed by atoms with E-state index in [9.17, 15) is 13.2 Å². The summed E-state index contributed by atoms with van der Waals surface area (Å²) in [5, 5.41) is 0.767. The largest absolute Gasteiger partial charge is 0.334 e. The van der Waals surface area contributed by atoms with Crippen LogP contribution in [0.4, 0.5) is 0 Å². The van der Waals surface area contributed by atoms with Crippen molar-refractivity contribution in [3.8, 4) is 11.4 Å². The third kappa shape index (κ3) is 4.81. The highest BCUT2D eigenvalue weighted by Gasteiger charge is 2.12. The van der Waals surface area contributed by atoms with E-state index in [4.69, 9.17) is 22.0 Å². The fraction of sp³-hybridized carbons (Fsp3) is 0.176. The molecule has 3 N–H and O–H groups in total.